The van der Waals surface area contributed by atoms with Gasteiger partial charge in [-0.25, -0.2) is 0 Å². The van der Waals surface area contributed by atoms with E-state index in [9.17, 15) is 0 Å². The molecule has 0 unspecified atom stereocenters. The number of piperazine rings is 1. The lowest BCUT2D eigenvalue weighted by molar-refractivity contribution is 0.244. The first-order chi connectivity index (χ1) is 8.84. The molecule has 2 aromatic rings. The zero-order valence-corrected chi connectivity index (χ0v) is 11.1. The van der Waals surface area contributed by atoms with Gasteiger partial charge in [-0.2, -0.15) is 0 Å². The molecule has 1 aromatic carbocycles. The summed E-state index contributed by atoms with van der Waals surface area (Å²) in [7, 11) is 0. The van der Waals surface area contributed by atoms with Crippen LogP contribution in [0, 0.1) is 0 Å². The second-order valence-electron chi connectivity index (χ2n) is 4.82. The summed E-state index contributed by atoms with van der Waals surface area (Å²) in [6, 6.07) is 6.31. The first-order valence-corrected chi connectivity index (χ1v) is 6.90. The van der Waals surface area contributed by atoms with Crippen LogP contribution in [-0.2, 0) is 6.42 Å². The Morgan fingerprint density at radius 3 is 2.83 bits per heavy atom. The molecule has 0 atom stereocenters. The molecule has 1 saturated heterocycles. The predicted molar refractivity (Wildman–Crippen MR) is 76.3 cm³/mol. The Bertz CT molecular complexity index is 529. The molecule has 1 aliphatic rings. The molecule has 0 amide bonds. The molecule has 18 heavy (non-hydrogen) atoms. The van der Waals surface area contributed by atoms with E-state index in [1.54, 1.807) is 0 Å². The molecule has 0 aliphatic carbocycles. The summed E-state index contributed by atoms with van der Waals surface area (Å²) in [5.41, 5.74) is 2.37. The summed E-state index contributed by atoms with van der Waals surface area (Å²) in [6.45, 7) is 5.58. The number of nitrogens with one attached hydrogen (secondary N) is 2. The zero-order valence-electron chi connectivity index (χ0n) is 10.4. The van der Waals surface area contributed by atoms with Gasteiger partial charge in [-0.15, -0.1) is 0 Å². The van der Waals surface area contributed by atoms with Crippen molar-refractivity contribution in [3.05, 3.63) is 35.0 Å². The molecule has 0 spiro atoms. The van der Waals surface area contributed by atoms with Crippen LogP contribution in [-0.4, -0.2) is 42.6 Å². The van der Waals surface area contributed by atoms with Gasteiger partial charge in [-0.1, -0.05) is 17.7 Å². The fourth-order valence-electron chi connectivity index (χ4n) is 2.55. The summed E-state index contributed by atoms with van der Waals surface area (Å²) in [6.07, 6.45) is 2.97. The van der Waals surface area contributed by atoms with Crippen LogP contribution < -0.4 is 5.32 Å². The maximum absolute atomic E-state index is 6.45. The number of fused-ring (bicyclic) bond motifs is 1. The summed E-state index contributed by atoms with van der Waals surface area (Å²) in [5, 5.41) is 5.41. The van der Waals surface area contributed by atoms with Crippen molar-refractivity contribution in [2.75, 3.05) is 32.7 Å². The summed E-state index contributed by atoms with van der Waals surface area (Å²) in [4.78, 5) is 5.68. The van der Waals surface area contributed by atoms with E-state index < -0.39 is 0 Å². The number of benzene rings is 1. The van der Waals surface area contributed by atoms with E-state index in [4.69, 9.17) is 11.6 Å². The maximum Gasteiger partial charge on any atom is 0.0532 e. The smallest absolute Gasteiger partial charge is 0.0532 e. The highest BCUT2D eigenvalue weighted by atomic mass is 35.5. The van der Waals surface area contributed by atoms with Gasteiger partial charge < -0.3 is 15.2 Å². The van der Waals surface area contributed by atoms with Crippen molar-refractivity contribution in [1.29, 1.82) is 0 Å². The third-order valence-corrected chi connectivity index (χ3v) is 4.10. The Morgan fingerprint density at radius 2 is 2.00 bits per heavy atom. The van der Waals surface area contributed by atoms with E-state index in [0.29, 0.717) is 0 Å². The molecule has 3 nitrogen and oxygen atoms in total. The Balaban J connectivity index is 1.71. The molecule has 0 bridgehead atoms. The minimum atomic E-state index is 0.906. The molecule has 2 heterocycles. The van der Waals surface area contributed by atoms with Gasteiger partial charge in [0.05, 0.1) is 5.02 Å². The lowest BCUT2D eigenvalue weighted by Crippen LogP contribution is -2.44. The Hall–Kier alpha value is -1.03. The molecule has 1 aliphatic heterocycles. The van der Waals surface area contributed by atoms with Gasteiger partial charge in [-0.05, 0) is 24.1 Å². The number of H-pyrrole nitrogens is 1. The standard InChI is InChI=1S/C14H18ClN3/c15-14-11(1-2-13-12(14)3-5-17-13)4-8-18-9-6-16-7-10-18/h1-3,5,16-17H,4,6-10H2. The van der Waals surface area contributed by atoms with Gasteiger partial charge in [0.25, 0.3) is 0 Å². The average Bonchev–Trinajstić information content (AvgIpc) is 2.88. The molecule has 1 aromatic heterocycles. The molecular formula is C14H18ClN3. The average molecular weight is 264 g/mol. The number of hydrogen-bond acceptors (Lipinski definition) is 2. The number of hydrogen-bond donors (Lipinski definition) is 2. The number of rotatable bonds is 3. The first-order valence-electron chi connectivity index (χ1n) is 6.52. The fraction of sp³-hybridized carbons (Fsp3) is 0.429. The van der Waals surface area contributed by atoms with Crippen molar-refractivity contribution in [1.82, 2.24) is 15.2 Å². The van der Waals surface area contributed by atoms with Crippen molar-refractivity contribution in [3.63, 3.8) is 0 Å². The molecular weight excluding hydrogens is 246 g/mol. The quantitative estimate of drug-likeness (QED) is 0.890. The van der Waals surface area contributed by atoms with Crippen molar-refractivity contribution >= 4 is 22.5 Å². The highest BCUT2D eigenvalue weighted by molar-refractivity contribution is 6.36. The Kier molecular flexibility index (Phi) is 3.55. The van der Waals surface area contributed by atoms with Crippen LogP contribution in [0.25, 0.3) is 10.9 Å². The topological polar surface area (TPSA) is 31.1 Å². The van der Waals surface area contributed by atoms with E-state index in [-0.39, 0.29) is 0 Å². The SMILES string of the molecule is Clc1c(CCN2CCNCC2)ccc2[nH]ccc12. The Morgan fingerprint density at radius 1 is 1.17 bits per heavy atom. The van der Waals surface area contributed by atoms with Crippen molar-refractivity contribution < 1.29 is 0 Å². The number of nitrogens with zero attached hydrogens (tertiary/aromatic N) is 1. The molecule has 96 valence electrons. The predicted octanol–water partition coefficient (Wildman–Crippen LogP) is 2.27. The van der Waals surface area contributed by atoms with Gasteiger partial charge in [-0.3, -0.25) is 0 Å². The monoisotopic (exact) mass is 263 g/mol. The molecule has 0 saturated carbocycles. The second kappa shape index (κ2) is 5.31. The van der Waals surface area contributed by atoms with Gasteiger partial charge in [0.1, 0.15) is 0 Å². The molecule has 2 N–H and O–H groups in total. The molecule has 1 fully saturated rings. The third kappa shape index (κ3) is 2.39. The lowest BCUT2D eigenvalue weighted by atomic mass is 10.1. The highest BCUT2D eigenvalue weighted by Crippen LogP contribution is 2.27. The highest BCUT2D eigenvalue weighted by Gasteiger charge is 2.11. The number of aromatic nitrogens is 1. The normalized spacial score (nSPS) is 17.4. The zero-order chi connectivity index (χ0) is 12.4. The largest absolute Gasteiger partial charge is 0.361 e. The lowest BCUT2D eigenvalue weighted by Gasteiger charge is -2.27. The van der Waals surface area contributed by atoms with Crippen LogP contribution in [0.5, 0.6) is 0 Å². The van der Waals surface area contributed by atoms with E-state index in [1.165, 1.54) is 5.56 Å². The fourth-order valence-corrected chi connectivity index (χ4v) is 2.87. The first kappa shape index (κ1) is 12.0. The minimum absolute atomic E-state index is 0.906. The van der Waals surface area contributed by atoms with Crippen molar-refractivity contribution in [2.45, 2.75) is 6.42 Å². The molecule has 4 heteroatoms. The summed E-state index contributed by atoms with van der Waals surface area (Å²) >= 11 is 6.45. The van der Waals surface area contributed by atoms with E-state index in [0.717, 1.165) is 55.1 Å². The second-order valence-corrected chi connectivity index (χ2v) is 5.20. The minimum Gasteiger partial charge on any atom is -0.361 e. The molecule has 3 rings (SSSR count). The van der Waals surface area contributed by atoms with E-state index >= 15 is 0 Å². The molecule has 0 radical (unpaired) electrons. The number of aromatic amines is 1. The van der Waals surface area contributed by atoms with Crippen LogP contribution >= 0.6 is 11.6 Å². The van der Waals surface area contributed by atoms with Crippen molar-refractivity contribution in [2.24, 2.45) is 0 Å². The van der Waals surface area contributed by atoms with Crippen LogP contribution in [0.15, 0.2) is 24.4 Å². The summed E-state index contributed by atoms with van der Waals surface area (Å²) in [5.74, 6) is 0. The van der Waals surface area contributed by atoms with Gasteiger partial charge in [0.15, 0.2) is 0 Å². The van der Waals surface area contributed by atoms with Gasteiger partial charge >= 0.3 is 0 Å². The summed E-state index contributed by atoms with van der Waals surface area (Å²) < 4.78 is 0. The van der Waals surface area contributed by atoms with Gasteiger partial charge in [0, 0.05) is 49.8 Å². The van der Waals surface area contributed by atoms with Crippen LogP contribution in [0.4, 0.5) is 0 Å². The van der Waals surface area contributed by atoms with Crippen LogP contribution in [0.2, 0.25) is 5.02 Å². The van der Waals surface area contributed by atoms with E-state index in [1.807, 2.05) is 12.3 Å². The van der Waals surface area contributed by atoms with Gasteiger partial charge in [0.2, 0.25) is 0 Å². The number of halogens is 1. The van der Waals surface area contributed by atoms with Crippen LogP contribution in [0.1, 0.15) is 5.56 Å². The van der Waals surface area contributed by atoms with Crippen LogP contribution in [0.3, 0.4) is 0 Å². The maximum atomic E-state index is 6.45. The van der Waals surface area contributed by atoms with E-state index in [2.05, 4.69) is 27.3 Å². The van der Waals surface area contributed by atoms with Crippen molar-refractivity contribution in [3.8, 4) is 0 Å². The third-order valence-electron chi connectivity index (χ3n) is 3.66. The Labute approximate surface area is 112 Å².